The van der Waals surface area contributed by atoms with E-state index in [-0.39, 0.29) is 16.5 Å². The number of aromatic nitrogens is 2. The Balaban J connectivity index is 2.18. The smallest absolute Gasteiger partial charge is 0.259 e. The summed E-state index contributed by atoms with van der Waals surface area (Å²) in [6.07, 6.45) is 1.72. The summed E-state index contributed by atoms with van der Waals surface area (Å²) in [5.74, 6) is 0.467. The summed E-state index contributed by atoms with van der Waals surface area (Å²) in [6.45, 7) is 1.69. The second kappa shape index (κ2) is 4.32. The minimum Gasteiger partial charge on any atom is -0.337 e. The third-order valence-corrected chi connectivity index (χ3v) is 6.08. The number of sulfonamides is 1. The fraction of sp³-hybridized carbons (Fsp3) is 0.667. The highest BCUT2D eigenvalue weighted by molar-refractivity contribution is 7.92. The van der Waals surface area contributed by atoms with Gasteiger partial charge in [-0.25, -0.2) is 26.5 Å². The van der Waals surface area contributed by atoms with Crippen LogP contribution in [0.5, 0.6) is 0 Å². The molecule has 0 amide bonds. The van der Waals surface area contributed by atoms with E-state index in [4.69, 9.17) is 0 Å². The first kappa shape index (κ1) is 13.5. The van der Waals surface area contributed by atoms with Crippen molar-refractivity contribution in [1.29, 1.82) is 0 Å². The zero-order valence-electron chi connectivity index (χ0n) is 10.1. The van der Waals surface area contributed by atoms with Gasteiger partial charge in [0.15, 0.2) is 14.9 Å². The maximum Gasteiger partial charge on any atom is 0.259 e. The lowest BCUT2D eigenvalue weighted by Crippen LogP contribution is -2.35. The number of imidazole rings is 1. The number of rotatable bonds is 3. The van der Waals surface area contributed by atoms with Crippen LogP contribution in [0.3, 0.4) is 0 Å². The van der Waals surface area contributed by atoms with Gasteiger partial charge in [-0.2, -0.15) is 0 Å². The van der Waals surface area contributed by atoms with E-state index in [1.807, 2.05) is 0 Å². The van der Waals surface area contributed by atoms with Crippen LogP contribution in [0.2, 0.25) is 0 Å². The highest BCUT2D eigenvalue weighted by Crippen LogP contribution is 2.15. The number of nitrogens with one attached hydrogen (secondary N) is 1. The Morgan fingerprint density at radius 1 is 1.50 bits per heavy atom. The van der Waals surface area contributed by atoms with Crippen molar-refractivity contribution in [3.05, 3.63) is 12.0 Å². The average Bonchev–Trinajstić information content (AvgIpc) is 2.71. The van der Waals surface area contributed by atoms with Crippen molar-refractivity contribution in [2.45, 2.75) is 24.4 Å². The van der Waals surface area contributed by atoms with Crippen molar-refractivity contribution in [1.82, 2.24) is 14.3 Å². The molecule has 1 saturated heterocycles. The second-order valence-corrected chi connectivity index (χ2v) is 8.35. The number of aryl methyl sites for hydroxylation is 2. The van der Waals surface area contributed by atoms with Crippen LogP contribution in [0.4, 0.5) is 0 Å². The molecule has 9 heteroatoms. The predicted octanol–water partition coefficient (Wildman–Crippen LogP) is -0.806. The average molecular weight is 293 g/mol. The molecule has 1 aliphatic heterocycles. The van der Waals surface area contributed by atoms with Gasteiger partial charge in [-0.15, -0.1) is 0 Å². The van der Waals surface area contributed by atoms with Crippen LogP contribution in [-0.2, 0) is 26.9 Å². The van der Waals surface area contributed by atoms with Crippen LogP contribution >= 0.6 is 0 Å². The SMILES string of the molecule is Cc1nc(S(=O)(=O)N[C@H]2CCS(=O)(=O)C2)cn1C. The Morgan fingerprint density at radius 2 is 2.17 bits per heavy atom. The Hall–Kier alpha value is -0.930. The molecule has 1 N–H and O–H groups in total. The third-order valence-electron chi connectivity index (χ3n) is 2.92. The highest BCUT2D eigenvalue weighted by Gasteiger charge is 2.32. The summed E-state index contributed by atoms with van der Waals surface area (Å²) >= 11 is 0. The largest absolute Gasteiger partial charge is 0.337 e. The zero-order valence-corrected chi connectivity index (χ0v) is 11.8. The summed E-state index contributed by atoms with van der Waals surface area (Å²) in [5, 5.41) is -0.0770. The molecule has 2 rings (SSSR count). The minimum absolute atomic E-state index is 0.0292. The van der Waals surface area contributed by atoms with E-state index in [0.29, 0.717) is 12.2 Å². The van der Waals surface area contributed by atoms with E-state index < -0.39 is 25.9 Å². The van der Waals surface area contributed by atoms with E-state index in [1.54, 1.807) is 18.5 Å². The molecule has 0 aromatic carbocycles. The zero-order chi connectivity index (χ0) is 13.6. The molecule has 1 aromatic rings. The van der Waals surface area contributed by atoms with Crippen LogP contribution in [-0.4, -0.2) is 43.9 Å². The van der Waals surface area contributed by atoms with Gasteiger partial charge in [-0.1, -0.05) is 0 Å². The summed E-state index contributed by atoms with van der Waals surface area (Å²) in [7, 11) is -5.15. The molecular weight excluding hydrogens is 278 g/mol. The lowest BCUT2D eigenvalue weighted by Gasteiger charge is -2.09. The van der Waals surface area contributed by atoms with Gasteiger partial charge < -0.3 is 4.57 Å². The Bertz CT molecular complexity index is 640. The first-order chi connectivity index (χ1) is 8.20. The fourth-order valence-electron chi connectivity index (χ4n) is 1.82. The van der Waals surface area contributed by atoms with Gasteiger partial charge in [0, 0.05) is 19.3 Å². The van der Waals surface area contributed by atoms with E-state index in [9.17, 15) is 16.8 Å². The molecule has 0 unspecified atom stereocenters. The van der Waals surface area contributed by atoms with E-state index in [1.165, 1.54) is 6.20 Å². The monoisotopic (exact) mass is 293 g/mol. The molecule has 1 aromatic heterocycles. The molecule has 0 spiro atoms. The summed E-state index contributed by atoms with van der Waals surface area (Å²) in [6, 6.07) is -0.553. The van der Waals surface area contributed by atoms with Crippen molar-refractivity contribution in [2.75, 3.05) is 11.5 Å². The molecule has 18 heavy (non-hydrogen) atoms. The van der Waals surface area contributed by atoms with Crippen molar-refractivity contribution >= 4 is 19.9 Å². The normalized spacial score (nSPS) is 23.3. The Morgan fingerprint density at radius 3 is 2.61 bits per heavy atom. The Labute approximate surface area is 106 Å². The minimum atomic E-state index is -3.74. The first-order valence-corrected chi connectivity index (χ1v) is 8.73. The quantitative estimate of drug-likeness (QED) is 0.786. The molecule has 0 bridgehead atoms. The van der Waals surface area contributed by atoms with Crippen LogP contribution < -0.4 is 4.72 Å². The number of hydrogen-bond acceptors (Lipinski definition) is 5. The fourth-order valence-corrected chi connectivity index (χ4v) is 4.91. The topological polar surface area (TPSA) is 98.1 Å². The van der Waals surface area contributed by atoms with Gasteiger partial charge in [-0.3, -0.25) is 0 Å². The van der Waals surface area contributed by atoms with Gasteiger partial charge >= 0.3 is 0 Å². The number of hydrogen-bond donors (Lipinski definition) is 1. The van der Waals surface area contributed by atoms with Gasteiger partial charge in [0.1, 0.15) is 5.82 Å². The summed E-state index contributed by atoms with van der Waals surface area (Å²) in [4.78, 5) is 3.92. The van der Waals surface area contributed by atoms with E-state index in [0.717, 1.165) is 0 Å². The maximum atomic E-state index is 12.0. The maximum absolute atomic E-state index is 12.0. The molecule has 0 aliphatic carbocycles. The van der Waals surface area contributed by atoms with E-state index in [2.05, 4.69) is 9.71 Å². The molecule has 1 atom stereocenters. The van der Waals surface area contributed by atoms with Crippen molar-refractivity contribution < 1.29 is 16.8 Å². The van der Waals surface area contributed by atoms with Crippen LogP contribution in [0.1, 0.15) is 12.2 Å². The molecular formula is C9H15N3O4S2. The Kier molecular flexibility index (Phi) is 3.24. The number of sulfone groups is 1. The highest BCUT2D eigenvalue weighted by atomic mass is 32.2. The third kappa shape index (κ3) is 2.73. The molecule has 2 heterocycles. The standard InChI is InChI=1S/C9H15N3O4S2/c1-7-10-9(5-12(7)2)18(15,16)11-8-3-4-17(13,14)6-8/h5,8,11H,3-4,6H2,1-2H3/t8-/m0/s1. The second-order valence-electron chi connectivity index (χ2n) is 4.46. The number of nitrogens with zero attached hydrogens (tertiary/aromatic N) is 2. The van der Waals surface area contributed by atoms with Crippen LogP contribution in [0.25, 0.3) is 0 Å². The van der Waals surface area contributed by atoms with Gasteiger partial charge in [-0.05, 0) is 13.3 Å². The molecule has 1 aliphatic rings. The lowest BCUT2D eigenvalue weighted by atomic mass is 10.3. The first-order valence-electron chi connectivity index (χ1n) is 5.42. The molecule has 102 valence electrons. The lowest BCUT2D eigenvalue weighted by molar-refractivity contribution is 0.559. The summed E-state index contributed by atoms with van der Waals surface area (Å²) in [5.41, 5.74) is 0. The summed E-state index contributed by atoms with van der Waals surface area (Å²) < 4.78 is 50.5. The van der Waals surface area contributed by atoms with Crippen molar-refractivity contribution in [3.63, 3.8) is 0 Å². The molecule has 7 nitrogen and oxygen atoms in total. The van der Waals surface area contributed by atoms with E-state index >= 15 is 0 Å². The molecule has 0 radical (unpaired) electrons. The van der Waals surface area contributed by atoms with Gasteiger partial charge in [0.2, 0.25) is 0 Å². The van der Waals surface area contributed by atoms with Gasteiger partial charge in [0.05, 0.1) is 11.5 Å². The van der Waals surface area contributed by atoms with Crippen LogP contribution in [0, 0.1) is 6.92 Å². The van der Waals surface area contributed by atoms with Crippen molar-refractivity contribution in [3.8, 4) is 0 Å². The van der Waals surface area contributed by atoms with Gasteiger partial charge in [0.25, 0.3) is 10.0 Å². The van der Waals surface area contributed by atoms with Crippen LogP contribution in [0.15, 0.2) is 11.2 Å². The van der Waals surface area contributed by atoms with Crippen molar-refractivity contribution in [2.24, 2.45) is 7.05 Å². The molecule has 0 saturated carbocycles. The predicted molar refractivity (Wildman–Crippen MR) is 65.3 cm³/mol. The molecule has 1 fully saturated rings.